The van der Waals surface area contributed by atoms with E-state index in [-0.39, 0.29) is 5.69 Å². The highest BCUT2D eigenvalue weighted by Gasteiger charge is 2.16. The highest BCUT2D eigenvalue weighted by atomic mass is 16.5. The molecule has 0 spiro atoms. The van der Waals surface area contributed by atoms with Crippen LogP contribution in [-0.2, 0) is 6.42 Å². The molecule has 0 aliphatic heterocycles. The third kappa shape index (κ3) is 2.82. The lowest BCUT2D eigenvalue weighted by Crippen LogP contribution is -2.05. The molecule has 0 saturated heterocycles. The Kier molecular flexibility index (Phi) is 4.40. The Morgan fingerprint density at radius 2 is 2.15 bits per heavy atom. The Balaban J connectivity index is 2.50. The minimum atomic E-state index is -1.02. The smallest absolute Gasteiger partial charge is 0.356 e. The number of unbranched alkanes of at least 4 members (excludes halogenated alkanes) is 1. The van der Waals surface area contributed by atoms with Gasteiger partial charge in [-0.1, -0.05) is 25.5 Å². The second-order valence-electron chi connectivity index (χ2n) is 4.51. The molecular formula is C15H18N2O3. The first-order valence-corrected chi connectivity index (χ1v) is 6.63. The zero-order valence-electron chi connectivity index (χ0n) is 11.7. The average Bonchev–Trinajstić information content (AvgIpc) is 2.89. The summed E-state index contributed by atoms with van der Waals surface area (Å²) in [7, 11) is 1.59. The van der Waals surface area contributed by atoms with Crippen molar-refractivity contribution in [1.82, 2.24) is 9.78 Å². The number of carbonyl (C=O) groups is 1. The third-order valence-corrected chi connectivity index (χ3v) is 3.10. The van der Waals surface area contributed by atoms with Gasteiger partial charge < -0.3 is 9.84 Å². The van der Waals surface area contributed by atoms with E-state index >= 15 is 0 Å². The molecule has 0 atom stereocenters. The minimum absolute atomic E-state index is 0.0574. The van der Waals surface area contributed by atoms with Crippen LogP contribution in [0.1, 0.15) is 35.9 Å². The molecule has 0 unspecified atom stereocenters. The van der Waals surface area contributed by atoms with Gasteiger partial charge in [-0.3, -0.25) is 0 Å². The van der Waals surface area contributed by atoms with Gasteiger partial charge in [0, 0.05) is 5.69 Å². The van der Waals surface area contributed by atoms with E-state index in [1.807, 2.05) is 24.3 Å². The lowest BCUT2D eigenvalue weighted by Gasteiger charge is -2.11. The molecule has 0 aliphatic carbocycles. The van der Waals surface area contributed by atoms with Crippen LogP contribution in [0.3, 0.4) is 0 Å². The van der Waals surface area contributed by atoms with E-state index in [9.17, 15) is 4.79 Å². The molecule has 0 fully saturated rings. The topological polar surface area (TPSA) is 64.3 Å². The normalized spacial score (nSPS) is 10.5. The van der Waals surface area contributed by atoms with Crippen molar-refractivity contribution in [3.8, 4) is 11.4 Å². The fourth-order valence-corrected chi connectivity index (χ4v) is 2.07. The molecule has 0 bridgehead atoms. The van der Waals surface area contributed by atoms with E-state index in [1.54, 1.807) is 17.9 Å². The van der Waals surface area contributed by atoms with Crippen LogP contribution in [0.25, 0.3) is 5.69 Å². The van der Waals surface area contributed by atoms with Crippen LogP contribution in [0.15, 0.2) is 30.3 Å². The number of methoxy groups -OCH3 is 1. The number of rotatable bonds is 6. The number of nitrogens with zero attached hydrogens (tertiary/aromatic N) is 2. The summed E-state index contributed by atoms with van der Waals surface area (Å²) < 4.78 is 6.99. The van der Waals surface area contributed by atoms with Gasteiger partial charge in [-0.15, -0.1) is 0 Å². The maximum Gasteiger partial charge on any atom is 0.356 e. The largest absolute Gasteiger partial charge is 0.494 e. The minimum Gasteiger partial charge on any atom is -0.494 e. The van der Waals surface area contributed by atoms with Crippen LogP contribution >= 0.6 is 0 Å². The number of aromatic carboxylic acids is 1. The average molecular weight is 274 g/mol. The second kappa shape index (κ2) is 6.23. The standard InChI is InChI=1S/C15H18N2O3/c1-3-4-7-11-10-12(15(18)19)16-17(11)13-8-5-6-9-14(13)20-2/h5-6,8-10H,3-4,7H2,1-2H3,(H,18,19). The fourth-order valence-electron chi connectivity index (χ4n) is 2.07. The highest BCUT2D eigenvalue weighted by Crippen LogP contribution is 2.24. The Morgan fingerprint density at radius 3 is 2.80 bits per heavy atom. The zero-order valence-corrected chi connectivity index (χ0v) is 11.7. The number of para-hydroxylation sites is 2. The number of ether oxygens (including phenoxy) is 1. The number of aromatic nitrogens is 2. The first-order valence-electron chi connectivity index (χ1n) is 6.63. The lowest BCUT2D eigenvalue weighted by molar-refractivity contribution is 0.0690. The first-order chi connectivity index (χ1) is 9.67. The SMILES string of the molecule is CCCCc1cc(C(=O)O)nn1-c1ccccc1OC. The summed E-state index contributed by atoms with van der Waals surface area (Å²) in [5.41, 5.74) is 1.70. The van der Waals surface area contributed by atoms with Crippen LogP contribution in [0.2, 0.25) is 0 Å². The molecule has 5 heteroatoms. The van der Waals surface area contributed by atoms with Gasteiger partial charge in [0.25, 0.3) is 0 Å². The van der Waals surface area contributed by atoms with E-state index in [4.69, 9.17) is 9.84 Å². The summed E-state index contributed by atoms with van der Waals surface area (Å²) in [5, 5.41) is 13.3. The zero-order chi connectivity index (χ0) is 14.5. The number of carboxylic acids is 1. The molecule has 5 nitrogen and oxygen atoms in total. The molecular weight excluding hydrogens is 256 g/mol. The Bertz CT molecular complexity index is 605. The molecule has 0 aliphatic rings. The molecule has 0 amide bonds. The van der Waals surface area contributed by atoms with Gasteiger partial charge in [-0.2, -0.15) is 5.10 Å². The number of benzene rings is 1. The molecule has 106 valence electrons. The lowest BCUT2D eigenvalue weighted by atomic mass is 10.2. The Hall–Kier alpha value is -2.30. The van der Waals surface area contributed by atoms with Gasteiger partial charge in [0.15, 0.2) is 5.69 Å². The van der Waals surface area contributed by atoms with Crippen molar-refractivity contribution in [2.24, 2.45) is 0 Å². The van der Waals surface area contributed by atoms with Crippen molar-refractivity contribution in [1.29, 1.82) is 0 Å². The second-order valence-corrected chi connectivity index (χ2v) is 4.51. The van der Waals surface area contributed by atoms with Crippen molar-refractivity contribution in [2.45, 2.75) is 26.2 Å². The van der Waals surface area contributed by atoms with Gasteiger partial charge in [0.2, 0.25) is 0 Å². The number of aryl methyl sites for hydroxylation is 1. The number of carboxylic acid groups (broad SMARTS) is 1. The van der Waals surface area contributed by atoms with Crippen molar-refractivity contribution in [3.63, 3.8) is 0 Å². The van der Waals surface area contributed by atoms with Crippen LogP contribution in [0, 0.1) is 0 Å². The summed E-state index contributed by atoms with van der Waals surface area (Å²) in [6, 6.07) is 9.08. The van der Waals surface area contributed by atoms with Crippen LogP contribution < -0.4 is 4.74 Å². The summed E-state index contributed by atoms with van der Waals surface area (Å²) >= 11 is 0. The van der Waals surface area contributed by atoms with Crippen LogP contribution in [0.4, 0.5) is 0 Å². The molecule has 20 heavy (non-hydrogen) atoms. The Morgan fingerprint density at radius 1 is 1.40 bits per heavy atom. The summed E-state index contributed by atoms with van der Waals surface area (Å²) in [5.74, 6) is -0.346. The molecule has 2 aromatic rings. The molecule has 0 saturated carbocycles. The van der Waals surface area contributed by atoms with E-state index in [0.29, 0.717) is 5.75 Å². The van der Waals surface area contributed by atoms with Gasteiger partial charge in [0.1, 0.15) is 11.4 Å². The van der Waals surface area contributed by atoms with Crippen molar-refractivity contribution >= 4 is 5.97 Å². The van der Waals surface area contributed by atoms with E-state index in [1.165, 1.54) is 0 Å². The summed E-state index contributed by atoms with van der Waals surface area (Å²) in [6.07, 6.45) is 2.81. The summed E-state index contributed by atoms with van der Waals surface area (Å²) in [4.78, 5) is 11.1. The number of hydrogen-bond acceptors (Lipinski definition) is 3. The Labute approximate surface area is 117 Å². The first kappa shape index (κ1) is 14.1. The van der Waals surface area contributed by atoms with Gasteiger partial charge in [-0.05, 0) is 31.0 Å². The molecule has 2 rings (SSSR count). The fraction of sp³-hybridized carbons (Fsp3) is 0.333. The van der Waals surface area contributed by atoms with Crippen LogP contribution in [-0.4, -0.2) is 28.0 Å². The predicted octanol–water partition coefficient (Wildman–Crippen LogP) is 2.92. The highest BCUT2D eigenvalue weighted by molar-refractivity contribution is 5.85. The number of hydrogen-bond donors (Lipinski definition) is 1. The van der Waals surface area contributed by atoms with Gasteiger partial charge in [0.05, 0.1) is 7.11 Å². The van der Waals surface area contributed by atoms with E-state index in [2.05, 4.69) is 12.0 Å². The van der Waals surface area contributed by atoms with E-state index < -0.39 is 5.97 Å². The molecule has 1 N–H and O–H groups in total. The summed E-state index contributed by atoms with van der Waals surface area (Å²) in [6.45, 7) is 2.10. The van der Waals surface area contributed by atoms with Crippen molar-refractivity contribution < 1.29 is 14.6 Å². The van der Waals surface area contributed by atoms with E-state index in [0.717, 1.165) is 30.6 Å². The van der Waals surface area contributed by atoms with Gasteiger partial charge >= 0.3 is 5.97 Å². The predicted molar refractivity (Wildman–Crippen MR) is 75.7 cm³/mol. The van der Waals surface area contributed by atoms with Gasteiger partial charge in [-0.25, -0.2) is 9.48 Å². The monoisotopic (exact) mass is 274 g/mol. The molecule has 0 radical (unpaired) electrons. The van der Waals surface area contributed by atoms with Crippen molar-refractivity contribution in [2.75, 3.05) is 7.11 Å². The quantitative estimate of drug-likeness (QED) is 0.879. The van der Waals surface area contributed by atoms with Crippen LogP contribution in [0.5, 0.6) is 5.75 Å². The molecule has 1 aromatic heterocycles. The van der Waals surface area contributed by atoms with Crippen molar-refractivity contribution in [3.05, 3.63) is 41.7 Å². The molecule has 1 aromatic carbocycles. The maximum absolute atomic E-state index is 11.1. The molecule has 1 heterocycles. The third-order valence-electron chi connectivity index (χ3n) is 3.10. The maximum atomic E-state index is 11.1.